The molecule has 0 amide bonds. The molecule has 0 saturated heterocycles. The molecule has 0 unspecified atom stereocenters. The van der Waals surface area contributed by atoms with Crippen LogP contribution in [0.25, 0.3) is 0 Å². The molecule has 1 aliphatic carbocycles. The fourth-order valence-electron chi connectivity index (χ4n) is 4.32. The smallest absolute Gasteiger partial charge is 0.340 e. The van der Waals surface area contributed by atoms with Gasteiger partial charge in [0.2, 0.25) is 0 Å². The summed E-state index contributed by atoms with van der Waals surface area (Å²) in [6, 6.07) is 14.4. The van der Waals surface area contributed by atoms with Gasteiger partial charge in [0.1, 0.15) is 5.75 Å². The number of anilines is 1. The van der Waals surface area contributed by atoms with Crippen molar-refractivity contribution in [3.63, 3.8) is 0 Å². The average Bonchev–Trinajstić information content (AvgIpc) is 3.22. The molecule has 2 aromatic rings. The standard InChI is InChI=1S/C24H27NO3/c1-3-15-28-17-13-11-16(12-14-17)22-19-8-5-7-18(19)20-9-6-10-21(23(20)25-22)24(26)27-4-2/h5-7,9-14,18-19,22,25H,3-4,8,15H2,1-2H3/t18-,19+,22+/m1/s1. The monoisotopic (exact) mass is 377 g/mol. The molecular formula is C24H27NO3. The molecule has 0 spiro atoms. The van der Waals surface area contributed by atoms with Gasteiger partial charge in [0, 0.05) is 5.92 Å². The van der Waals surface area contributed by atoms with Gasteiger partial charge in [0.05, 0.1) is 30.5 Å². The molecule has 4 heteroatoms. The van der Waals surface area contributed by atoms with E-state index in [1.807, 2.05) is 31.2 Å². The van der Waals surface area contributed by atoms with Crippen molar-refractivity contribution in [3.8, 4) is 5.75 Å². The minimum absolute atomic E-state index is 0.142. The van der Waals surface area contributed by atoms with E-state index in [0.29, 0.717) is 24.0 Å². The lowest BCUT2D eigenvalue weighted by Crippen LogP contribution is -2.30. The molecule has 0 bridgehead atoms. The van der Waals surface area contributed by atoms with Gasteiger partial charge >= 0.3 is 5.97 Å². The molecular weight excluding hydrogens is 350 g/mol. The zero-order valence-corrected chi connectivity index (χ0v) is 16.5. The first kappa shape index (κ1) is 18.6. The van der Waals surface area contributed by atoms with Gasteiger partial charge < -0.3 is 14.8 Å². The normalized spacial score (nSPS) is 22.1. The van der Waals surface area contributed by atoms with E-state index in [9.17, 15) is 4.79 Å². The van der Waals surface area contributed by atoms with Crippen LogP contribution >= 0.6 is 0 Å². The fourth-order valence-corrected chi connectivity index (χ4v) is 4.32. The second-order valence-corrected chi connectivity index (χ2v) is 7.38. The number of carbonyl (C=O) groups excluding carboxylic acids is 1. The highest BCUT2D eigenvalue weighted by atomic mass is 16.5. The Morgan fingerprint density at radius 2 is 1.96 bits per heavy atom. The Morgan fingerprint density at radius 1 is 1.14 bits per heavy atom. The molecule has 2 aliphatic rings. The van der Waals surface area contributed by atoms with Crippen molar-refractivity contribution in [3.05, 3.63) is 71.3 Å². The van der Waals surface area contributed by atoms with E-state index in [1.54, 1.807) is 0 Å². The van der Waals surface area contributed by atoms with Crippen LogP contribution in [0.4, 0.5) is 5.69 Å². The third-order valence-corrected chi connectivity index (χ3v) is 5.60. The summed E-state index contributed by atoms with van der Waals surface area (Å²) in [6.07, 6.45) is 6.56. The number of allylic oxidation sites excluding steroid dienone is 2. The summed E-state index contributed by atoms with van der Waals surface area (Å²) in [4.78, 5) is 12.5. The third kappa shape index (κ3) is 3.39. The Balaban J connectivity index is 1.68. The van der Waals surface area contributed by atoms with Crippen LogP contribution in [0.2, 0.25) is 0 Å². The van der Waals surface area contributed by atoms with Crippen molar-refractivity contribution >= 4 is 11.7 Å². The van der Waals surface area contributed by atoms with Crippen LogP contribution in [0.15, 0.2) is 54.6 Å². The first-order chi connectivity index (χ1) is 13.7. The van der Waals surface area contributed by atoms with E-state index in [-0.39, 0.29) is 12.0 Å². The molecule has 0 radical (unpaired) electrons. The Labute approximate surface area is 166 Å². The maximum absolute atomic E-state index is 12.5. The summed E-state index contributed by atoms with van der Waals surface area (Å²) in [5.41, 5.74) is 3.92. The lowest BCUT2D eigenvalue weighted by Gasteiger charge is -2.38. The summed E-state index contributed by atoms with van der Waals surface area (Å²) in [5.74, 6) is 1.38. The summed E-state index contributed by atoms with van der Waals surface area (Å²) < 4.78 is 11.0. The van der Waals surface area contributed by atoms with Crippen molar-refractivity contribution in [1.29, 1.82) is 0 Å². The number of benzene rings is 2. The summed E-state index contributed by atoms with van der Waals surface area (Å²) >= 11 is 0. The summed E-state index contributed by atoms with van der Waals surface area (Å²) in [7, 11) is 0. The molecule has 28 heavy (non-hydrogen) atoms. The van der Waals surface area contributed by atoms with Gasteiger partial charge in [0.25, 0.3) is 0 Å². The van der Waals surface area contributed by atoms with E-state index >= 15 is 0 Å². The number of hydrogen-bond acceptors (Lipinski definition) is 4. The Kier molecular flexibility index (Phi) is 5.38. The number of carbonyl (C=O) groups is 1. The zero-order chi connectivity index (χ0) is 19.5. The number of para-hydroxylation sites is 1. The number of hydrogen-bond donors (Lipinski definition) is 1. The molecule has 0 fully saturated rings. The van der Waals surface area contributed by atoms with Crippen molar-refractivity contribution in [2.24, 2.45) is 5.92 Å². The van der Waals surface area contributed by atoms with Crippen LogP contribution in [0.5, 0.6) is 5.75 Å². The SMILES string of the molecule is CCCOc1ccc([C@@H]2Nc3c(C(=O)OCC)cccc3[C@@H]3C=CC[C@@H]32)cc1. The predicted octanol–water partition coefficient (Wildman–Crippen LogP) is 5.48. The Hall–Kier alpha value is -2.75. The van der Waals surface area contributed by atoms with Crippen molar-refractivity contribution in [2.45, 2.75) is 38.6 Å². The van der Waals surface area contributed by atoms with Crippen LogP contribution in [-0.2, 0) is 4.74 Å². The third-order valence-electron chi connectivity index (χ3n) is 5.60. The first-order valence-corrected chi connectivity index (χ1v) is 10.2. The number of nitrogens with one attached hydrogen (secondary N) is 1. The lowest BCUT2D eigenvalue weighted by molar-refractivity contribution is 0.0527. The molecule has 4 rings (SSSR count). The molecule has 2 aromatic carbocycles. The molecule has 146 valence electrons. The topological polar surface area (TPSA) is 47.6 Å². The second kappa shape index (κ2) is 8.09. The van der Waals surface area contributed by atoms with Gasteiger partial charge in [-0.25, -0.2) is 4.79 Å². The van der Waals surface area contributed by atoms with Crippen LogP contribution in [0, 0.1) is 5.92 Å². The molecule has 1 heterocycles. The molecule has 0 aromatic heterocycles. The molecule has 0 saturated carbocycles. The van der Waals surface area contributed by atoms with E-state index in [1.165, 1.54) is 11.1 Å². The molecule has 1 N–H and O–H groups in total. The van der Waals surface area contributed by atoms with Crippen molar-refractivity contribution in [1.82, 2.24) is 0 Å². The Morgan fingerprint density at radius 3 is 2.71 bits per heavy atom. The zero-order valence-electron chi connectivity index (χ0n) is 16.5. The molecule has 1 aliphatic heterocycles. The van der Waals surface area contributed by atoms with Crippen molar-refractivity contribution in [2.75, 3.05) is 18.5 Å². The first-order valence-electron chi connectivity index (χ1n) is 10.2. The second-order valence-electron chi connectivity index (χ2n) is 7.38. The predicted molar refractivity (Wildman–Crippen MR) is 111 cm³/mol. The van der Waals surface area contributed by atoms with Gasteiger partial charge in [-0.1, -0.05) is 43.3 Å². The van der Waals surface area contributed by atoms with Crippen LogP contribution < -0.4 is 10.1 Å². The van der Waals surface area contributed by atoms with Crippen LogP contribution in [-0.4, -0.2) is 19.2 Å². The fraction of sp³-hybridized carbons (Fsp3) is 0.375. The highest BCUT2D eigenvalue weighted by molar-refractivity contribution is 5.97. The molecule has 4 nitrogen and oxygen atoms in total. The number of esters is 1. The maximum Gasteiger partial charge on any atom is 0.340 e. The quantitative estimate of drug-likeness (QED) is 0.535. The van der Waals surface area contributed by atoms with Crippen LogP contribution in [0.1, 0.15) is 60.1 Å². The minimum Gasteiger partial charge on any atom is -0.494 e. The minimum atomic E-state index is -0.269. The van der Waals surface area contributed by atoms with Gasteiger partial charge in [-0.05, 0) is 55.0 Å². The van der Waals surface area contributed by atoms with Gasteiger partial charge in [-0.3, -0.25) is 0 Å². The molecule has 3 atom stereocenters. The van der Waals surface area contributed by atoms with Crippen LogP contribution in [0.3, 0.4) is 0 Å². The summed E-state index contributed by atoms with van der Waals surface area (Å²) in [6.45, 7) is 5.04. The van der Waals surface area contributed by atoms with E-state index in [4.69, 9.17) is 9.47 Å². The number of ether oxygens (including phenoxy) is 2. The highest BCUT2D eigenvalue weighted by Crippen LogP contribution is 2.50. The maximum atomic E-state index is 12.5. The van der Waals surface area contributed by atoms with Gasteiger partial charge in [-0.15, -0.1) is 0 Å². The largest absolute Gasteiger partial charge is 0.494 e. The highest BCUT2D eigenvalue weighted by Gasteiger charge is 2.39. The summed E-state index contributed by atoms with van der Waals surface area (Å²) in [5, 5.41) is 3.67. The van der Waals surface area contributed by atoms with Gasteiger partial charge in [0.15, 0.2) is 0 Å². The van der Waals surface area contributed by atoms with E-state index in [0.717, 1.165) is 30.9 Å². The lowest BCUT2D eigenvalue weighted by atomic mass is 9.76. The van der Waals surface area contributed by atoms with Crippen molar-refractivity contribution < 1.29 is 14.3 Å². The van der Waals surface area contributed by atoms with E-state index < -0.39 is 0 Å². The average molecular weight is 377 g/mol. The number of fused-ring (bicyclic) bond motifs is 3. The van der Waals surface area contributed by atoms with E-state index in [2.05, 4.69) is 42.6 Å². The Bertz CT molecular complexity index is 872. The van der Waals surface area contributed by atoms with Gasteiger partial charge in [-0.2, -0.15) is 0 Å². The number of rotatable bonds is 6.